The Morgan fingerprint density at radius 3 is 2.29 bits per heavy atom. The number of hydrogen-bond acceptors (Lipinski definition) is 5. The van der Waals surface area contributed by atoms with E-state index in [1.807, 2.05) is 37.3 Å². The van der Waals surface area contributed by atoms with E-state index in [9.17, 15) is 19.2 Å². The SMILES string of the molecule is Cc1ccc(C(=O)[C@@H](C)OC(=O)c2cccc(N3C(=O)[C@H]4[C@H]5C[C@@H]([C@@H]4C3=O)[C@@H](c3ccccc3)C5)c2)cc1. The van der Waals surface area contributed by atoms with Gasteiger partial charge in [0.05, 0.1) is 23.1 Å². The molecule has 2 saturated carbocycles. The van der Waals surface area contributed by atoms with Crippen molar-refractivity contribution in [2.75, 3.05) is 4.90 Å². The van der Waals surface area contributed by atoms with Crippen molar-refractivity contribution in [1.82, 2.24) is 0 Å². The number of Topliss-reactive ketones (excluding diaryl/α,β-unsaturated/α-hetero) is 1. The summed E-state index contributed by atoms with van der Waals surface area (Å²) >= 11 is 0. The number of imide groups is 1. The molecule has 0 aromatic heterocycles. The maximum Gasteiger partial charge on any atom is 0.338 e. The van der Waals surface area contributed by atoms with Crippen molar-refractivity contribution in [3.63, 3.8) is 0 Å². The van der Waals surface area contributed by atoms with Gasteiger partial charge in [0.25, 0.3) is 0 Å². The van der Waals surface area contributed by atoms with Crippen LogP contribution in [0, 0.1) is 30.6 Å². The number of rotatable bonds is 6. The number of ether oxygens (including phenoxy) is 1. The van der Waals surface area contributed by atoms with E-state index in [-0.39, 0.29) is 52.8 Å². The van der Waals surface area contributed by atoms with Gasteiger partial charge in [-0.1, -0.05) is 66.2 Å². The van der Waals surface area contributed by atoms with Gasteiger partial charge in [0.15, 0.2) is 6.10 Å². The summed E-state index contributed by atoms with van der Waals surface area (Å²) in [6.45, 7) is 3.47. The molecule has 38 heavy (non-hydrogen) atoms. The Bertz CT molecular complexity index is 1430. The van der Waals surface area contributed by atoms with Gasteiger partial charge < -0.3 is 4.74 Å². The highest BCUT2D eigenvalue weighted by Gasteiger charge is 2.64. The van der Waals surface area contributed by atoms with Crippen LogP contribution in [-0.2, 0) is 14.3 Å². The zero-order valence-corrected chi connectivity index (χ0v) is 21.4. The molecule has 2 bridgehead atoms. The van der Waals surface area contributed by atoms with Gasteiger partial charge >= 0.3 is 5.97 Å². The van der Waals surface area contributed by atoms with Gasteiger partial charge in [-0.2, -0.15) is 0 Å². The van der Waals surface area contributed by atoms with E-state index in [2.05, 4.69) is 12.1 Å². The number of carbonyl (C=O) groups excluding carboxylic acids is 4. The second-order valence-corrected chi connectivity index (χ2v) is 10.8. The van der Waals surface area contributed by atoms with E-state index in [1.165, 1.54) is 23.5 Å². The molecular formula is C32H29NO5. The van der Waals surface area contributed by atoms with Crippen LogP contribution in [0.2, 0.25) is 0 Å². The Hall–Kier alpha value is -4.06. The third-order valence-corrected chi connectivity index (χ3v) is 8.57. The number of anilines is 1. The normalized spacial score (nSPS) is 26.4. The molecule has 2 amide bonds. The summed E-state index contributed by atoms with van der Waals surface area (Å²) in [5, 5.41) is 0. The molecule has 2 aliphatic carbocycles. The van der Waals surface area contributed by atoms with Crippen molar-refractivity contribution in [2.24, 2.45) is 23.7 Å². The number of hydrogen-bond donors (Lipinski definition) is 0. The molecule has 1 saturated heterocycles. The molecule has 6 nitrogen and oxygen atoms in total. The van der Waals surface area contributed by atoms with E-state index in [0.717, 1.165) is 18.4 Å². The summed E-state index contributed by atoms with van der Waals surface area (Å²) in [4.78, 5) is 54.0. The fourth-order valence-corrected chi connectivity index (χ4v) is 6.80. The lowest BCUT2D eigenvalue weighted by Crippen LogP contribution is -2.33. The van der Waals surface area contributed by atoms with E-state index in [4.69, 9.17) is 4.74 Å². The van der Waals surface area contributed by atoms with Crippen LogP contribution in [0.15, 0.2) is 78.9 Å². The Morgan fingerprint density at radius 1 is 0.842 bits per heavy atom. The Labute approximate surface area is 221 Å². The maximum atomic E-state index is 13.6. The zero-order valence-electron chi connectivity index (χ0n) is 21.4. The summed E-state index contributed by atoms with van der Waals surface area (Å²) in [5.41, 5.74) is 3.29. The molecule has 0 spiro atoms. The van der Waals surface area contributed by atoms with Crippen molar-refractivity contribution in [2.45, 2.75) is 38.7 Å². The van der Waals surface area contributed by atoms with Crippen LogP contribution in [0.3, 0.4) is 0 Å². The highest BCUT2D eigenvalue weighted by molar-refractivity contribution is 6.23. The molecule has 3 aromatic rings. The van der Waals surface area contributed by atoms with Crippen LogP contribution in [0.5, 0.6) is 0 Å². The van der Waals surface area contributed by atoms with E-state index >= 15 is 0 Å². The monoisotopic (exact) mass is 507 g/mol. The summed E-state index contributed by atoms with van der Waals surface area (Å²) in [7, 11) is 0. The molecule has 6 rings (SSSR count). The van der Waals surface area contributed by atoms with E-state index in [0.29, 0.717) is 11.3 Å². The van der Waals surface area contributed by atoms with Crippen molar-refractivity contribution in [3.05, 3.63) is 101 Å². The van der Waals surface area contributed by atoms with Gasteiger partial charge in [-0.15, -0.1) is 0 Å². The molecule has 3 fully saturated rings. The van der Waals surface area contributed by atoms with Gasteiger partial charge in [-0.25, -0.2) is 4.79 Å². The van der Waals surface area contributed by atoms with Crippen LogP contribution in [0.1, 0.15) is 57.5 Å². The zero-order chi connectivity index (χ0) is 26.6. The number of amides is 2. The lowest BCUT2D eigenvalue weighted by molar-refractivity contribution is -0.123. The minimum atomic E-state index is -0.978. The number of carbonyl (C=O) groups is 4. The minimum Gasteiger partial charge on any atom is -0.451 e. The van der Waals surface area contributed by atoms with Gasteiger partial charge in [-0.05, 0) is 68.2 Å². The first-order valence-corrected chi connectivity index (χ1v) is 13.2. The molecule has 192 valence electrons. The first-order chi connectivity index (χ1) is 18.3. The third kappa shape index (κ3) is 3.95. The quantitative estimate of drug-likeness (QED) is 0.255. The smallest absolute Gasteiger partial charge is 0.338 e. The van der Waals surface area contributed by atoms with Crippen molar-refractivity contribution in [3.8, 4) is 0 Å². The van der Waals surface area contributed by atoms with Crippen molar-refractivity contribution < 1.29 is 23.9 Å². The second-order valence-electron chi connectivity index (χ2n) is 10.8. The molecule has 1 aliphatic heterocycles. The molecule has 3 aromatic carbocycles. The number of benzene rings is 3. The molecule has 0 N–H and O–H groups in total. The lowest BCUT2D eigenvalue weighted by Gasteiger charge is -2.28. The molecule has 6 heteroatoms. The number of aryl methyl sites for hydroxylation is 1. The van der Waals surface area contributed by atoms with Gasteiger partial charge in [0.1, 0.15) is 0 Å². The van der Waals surface area contributed by atoms with Crippen LogP contribution < -0.4 is 4.90 Å². The van der Waals surface area contributed by atoms with Gasteiger partial charge in [0, 0.05) is 5.56 Å². The summed E-state index contributed by atoms with van der Waals surface area (Å²) in [6.07, 6.45) is 0.843. The average Bonchev–Trinajstić information content (AvgIpc) is 3.60. The molecule has 3 aliphatic rings. The molecular weight excluding hydrogens is 478 g/mol. The standard InChI is InChI=1S/C32H29NO5/c1-18-11-13-21(14-12-18)29(34)19(2)38-32(37)22-9-6-10-24(15-22)33-30(35)27-23-16-25(20-7-4-3-5-8-20)26(17-23)28(27)31(33)36/h3-15,19,23,25-28H,16-17H2,1-2H3/t19-,23-,25-,26-,27+,28+/m1/s1. The molecule has 6 atom stereocenters. The fourth-order valence-electron chi connectivity index (χ4n) is 6.80. The summed E-state index contributed by atoms with van der Waals surface area (Å²) < 4.78 is 5.46. The average molecular weight is 508 g/mol. The van der Waals surface area contributed by atoms with Crippen LogP contribution >= 0.6 is 0 Å². The maximum absolute atomic E-state index is 13.6. The topological polar surface area (TPSA) is 80.8 Å². The van der Waals surface area contributed by atoms with Crippen LogP contribution in [0.4, 0.5) is 5.69 Å². The fraction of sp³-hybridized carbons (Fsp3) is 0.312. The Morgan fingerprint density at radius 2 is 1.55 bits per heavy atom. The van der Waals surface area contributed by atoms with E-state index < -0.39 is 12.1 Å². The van der Waals surface area contributed by atoms with Crippen LogP contribution in [0.25, 0.3) is 0 Å². The lowest BCUT2D eigenvalue weighted by atomic mass is 9.73. The largest absolute Gasteiger partial charge is 0.451 e. The summed E-state index contributed by atoms with van der Waals surface area (Å²) in [6, 6.07) is 23.7. The molecule has 0 unspecified atom stereocenters. The van der Waals surface area contributed by atoms with Gasteiger partial charge in [0.2, 0.25) is 17.6 Å². The number of ketones is 1. The van der Waals surface area contributed by atoms with Gasteiger partial charge in [-0.3, -0.25) is 19.3 Å². The first kappa shape index (κ1) is 24.3. The second kappa shape index (κ2) is 9.35. The Kier molecular flexibility index (Phi) is 5.98. The van der Waals surface area contributed by atoms with Crippen LogP contribution in [-0.4, -0.2) is 29.7 Å². The van der Waals surface area contributed by atoms with Crippen molar-refractivity contribution in [1.29, 1.82) is 0 Å². The number of esters is 1. The summed E-state index contributed by atoms with van der Waals surface area (Å²) in [5.74, 6) is -1.32. The van der Waals surface area contributed by atoms with Crippen molar-refractivity contribution >= 4 is 29.3 Å². The predicted molar refractivity (Wildman–Crippen MR) is 142 cm³/mol. The highest BCUT2D eigenvalue weighted by Crippen LogP contribution is 2.61. The molecule has 0 radical (unpaired) electrons. The first-order valence-electron chi connectivity index (χ1n) is 13.2. The third-order valence-electron chi connectivity index (χ3n) is 8.57. The highest BCUT2D eigenvalue weighted by atomic mass is 16.5. The number of fused-ring (bicyclic) bond motifs is 5. The predicted octanol–water partition coefficient (Wildman–Crippen LogP) is 5.35. The Balaban J connectivity index is 1.19. The number of nitrogens with zero attached hydrogens (tertiary/aromatic N) is 1. The van der Waals surface area contributed by atoms with E-state index in [1.54, 1.807) is 30.3 Å². The minimum absolute atomic E-state index is 0.149. The molecule has 1 heterocycles.